The van der Waals surface area contributed by atoms with E-state index in [-0.39, 0.29) is 24.4 Å². The van der Waals surface area contributed by atoms with Gasteiger partial charge in [0.15, 0.2) is 5.79 Å². The van der Waals surface area contributed by atoms with Gasteiger partial charge in [-0.2, -0.15) is 0 Å². The smallest absolute Gasteiger partial charge is 0.330 e. The molecule has 1 aliphatic rings. The van der Waals surface area contributed by atoms with Crippen LogP contribution in [-0.4, -0.2) is 36.2 Å². The molecule has 0 radical (unpaired) electrons. The first-order chi connectivity index (χ1) is 16.8. The lowest BCUT2D eigenvalue weighted by atomic mass is 9.96. The third kappa shape index (κ3) is 12.0. The van der Waals surface area contributed by atoms with E-state index in [9.17, 15) is 4.79 Å². The Kier molecular flexibility index (Phi) is 13.3. The van der Waals surface area contributed by atoms with Crippen molar-refractivity contribution >= 4 is 5.97 Å². The van der Waals surface area contributed by atoms with E-state index in [1.165, 1.54) is 38.2 Å². The van der Waals surface area contributed by atoms with E-state index in [4.69, 9.17) is 18.9 Å². The quantitative estimate of drug-likeness (QED) is 0.100. The number of hydrogen-bond acceptors (Lipinski definition) is 5. The van der Waals surface area contributed by atoms with Crippen LogP contribution in [0.5, 0.6) is 0 Å². The van der Waals surface area contributed by atoms with Crippen molar-refractivity contribution in [2.45, 2.75) is 122 Å². The van der Waals surface area contributed by atoms with E-state index in [1.807, 2.05) is 32.0 Å². The molecule has 1 aromatic rings. The van der Waals surface area contributed by atoms with E-state index < -0.39 is 11.8 Å². The second-order valence-electron chi connectivity index (χ2n) is 10.00. The van der Waals surface area contributed by atoms with Gasteiger partial charge < -0.3 is 18.9 Å². The van der Waals surface area contributed by atoms with Crippen LogP contribution in [-0.2, 0) is 30.3 Å². The van der Waals surface area contributed by atoms with Crippen molar-refractivity contribution in [2.24, 2.45) is 0 Å². The Morgan fingerprint density at radius 1 is 1.09 bits per heavy atom. The number of benzene rings is 1. The highest BCUT2D eigenvalue weighted by Crippen LogP contribution is 2.33. The van der Waals surface area contributed by atoms with Gasteiger partial charge in [0, 0.05) is 31.8 Å². The molecule has 35 heavy (non-hydrogen) atoms. The Hall–Kier alpha value is -1.95. The molecule has 0 saturated carbocycles. The van der Waals surface area contributed by atoms with Crippen molar-refractivity contribution in [1.29, 1.82) is 0 Å². The molecule has 0 bridgehead atoms. The summed E-state index contributed by atoms with van der Waals surface area (Å²) in [5.41, 5.74) is 1.11. The molecule has 0 spiro atoms. The largest absolute Gasteiger partial charge is 0.459 e. The maximum atomic E-state index is 11.9. The van der Waals surface area contributed by atoms with E-state index >= 15 is 0 Å². The van der Waals surface area contributed by atoms with E-state index in [0.29, 0.717) is 25.9 Å². The van der Waals surface area contributed by atoms with Crippen molar-refractivity contribution in [3.63, 3.8) is 0 Å². The molecule has 196 valence electrons. The zero-order valence-electron chi connectivity index (χ0n) is 22.1. The monoisotopic (exact) mass is 486 g/mol. The number of esters is 1. The molecule has 1 heterocycles. The summed E-state index contributed by atoms with van der Waals surface area (Å²) in [6.45, 7) is 14.1. The van der Waals surface area contributed by atoms with Crippen LogP contribution < -0.4 is 0 Å². The molecule has 0 amide bonds. The van der Waals surface area contributed by atoms with Crippen LogP contribution in [0.2, 0.25) is 0 Å². The zero-order valence-corrected chi connectivity index (χ0v) is 22.1. The highest BCUT2D eigenvalue weighted by Gasteiger charge is 2.36. The average molecular weight is 487 g/mol. The fourth-order valence-electron chi connectivity index (χ4n) is 4.71. The summed E-state index contributed by atoms with van der Waals surface area (Å²) < 4.78 is 24.5. The van der Waals surface area contributed by atoms with Gasteiger partial charge in [-0.25, -0.2) is 4.79 Å². The highest BCUT2D eigenvalue weighted by molar-refractivity contribution is 5.81. The van der Waals surface area contributed by atoms with E-state index in [2.05, 4.69) is 32.2 Å². The lowest BCUT2D eigenvalue weighted by molar-refractivity contribution is -0.304. The SMILES string of the molecule is C=CC[C@H](C[C@@H](C[C@H]1C[C@@H](CCCCCCC)OC(C)(C)O1)OCc1ccccc1)OC(=O)C=C. The van der Waals surface area contributed by atoms with Crippen LogP contribution in [0.15, 0.2) is 55.6 Å². The lowest BCUT2D eigenvalue weighted by Crippen LogP contribution is -2.46. The standard InChI is InChI=1S/C30H46O5/c1-6-9-10-11-15-19-26-21-28(35-30(4,5)34-26)22-27(32-23-24-17-13-12-14-18-24)20-25(16-7-2)33-29(31)8-3/h7-8,12-14,17-18,25-28H,2-3,6,9-11,15-16,19-23H2,1,4-5H3/t25-,26-,27+,28-/m1/s1. The van der Waals surface area contributed by atoms with Gasteiger partial charge in [0.2, 0.25) is 0 Å². The Balaban J connectivity index is 2.04. The van der Waals surface area contributed by atoms with Gasteiger partial charge in [0.25, 0.3) is 0 Å². The third-order valence-corrected chi connectivity index (χ3v) is 6.32. The molecule has 5 nitrogen and oxygen atoms in total. The van der Waals surface area contributed by atoms with Gasteiger partial charge in [-0.1, -0.05) is 82.0 Å². The third-order valence-electron chi connectivity index (χ3n) is 6.32. The van der Waals surface area contributed by atoms with Gasteiger partial charge in [0.1, 0.15) is 6.10 Å². The molecule has 2 rings (SSSR count). The molecule has 1 aliphatic heterocycles. The minimum absolute atomic E-state index is 0.0136. The van der Waals surface area contributed by atoms with Gasteiger partial charge >= 0.3 is 5.97 Å². The fourth-order valence-corrected chi connectivity index (χ4v) is 4.71. The maximum Gasteiger partial charge on any atom is 0.330 e. The Morgan fingerprint density at radius 2 is 1.80 bits per heavy atom. The molecule has 4 atom stereocenters. The summed E-state index contributed by atoms with van der Waals surface area (Å²) in [7, 11) is 0. The second kappa shape index (κ2) is 15.9. The van der Waals surface area contributed by atoms with Crippen LogP contribution in [0, 0.1) is 0 Å². The molecule has 1 fully saturated rings. The summed E-state index contributed by atoms with van der Waals surface area (Å²) in [6, 6.07) is 10.1. The predicted molar refractivity (Wildman–Crippen MR) is 141 cm³/mol. The fraction of sp³-hybridized carbons (Fsp3) is 0.633. The molecule has 0 N–H and O–H groups in total. The van der Waals surface area contributed by atoms with Crippen molar-refractivity contribution in [3.8, 4) is 0 Å². The lowest BCUT2D eigenvalue weighted by Gasteiger charge is -2.42. The summed E-state index contributed by atoms with van der Waals surface area (Å²) in [6.07, 6.45) is 12.7. The summed E-state index contributed by atoms with van der Waals surface area (Å²) in [5, 5.41) is 0. The molecule has 1 saturated heterocycles. The Labute approximate surface area is 212 Å². The summed E-state index contributed by atoms with van der Waals surface area (Å²) in [4.78, 5) is 11.9. The number of rotatable bonds is 17. The maximum absolute atomic E-state index is 11.9. The normalized spacial score (nSPS) is 21.1. The number of carbonyl (C=O) groups is 1. The van der Waals surface area contributed by atoms with Gasteiger partial charge in [-0.3, -0.25) is 0 Å². The summed E-state index contributed by atoms with van der Waals surface area (Å²) >= 11 is 0. The summed E-state index contributed by atoms with van der Waals surface area (Å²) in [5.74, 6) is -1.05. The van der Waals surface area contributed by atoms with E-state index in [1.54, 1.807) is 6.08 Å². The minimum atomic E-state index is -0.628. The van der Waals surface area contributed by atoms with Crippen LogP contribution >= 0.6 is 0 Å². The average Bonchev–Trinajstić information content (AvgIpc) is 2.82. The topological polar surface area (TPSA) is 54.0 Å². The first-order valence-corrected chi connectivity index (χ1v) is 13.3. The first kappa shape index (κ1) is 29.3. The number of carbonyl (C=O) groups excluding carboxylic acids is 1. The number of ether oxygens (including phenoxy) is 4. The highest BCUT2D eigenvalue weighted by atomic mass is 16.7. The number of unbranched alkanes of at least 4 members (excludes halogenated alkanes) is 4. The molecule has 0 aliphatic carbocycles. The van der Waals surface area contributed by atoms with Crippen LogP contribution in [0.4, 0.5) is 0 Å². The van der Waals surface area contributed by atoms with Crippen molar-refractivity contribution in [1.82, 2.24) is 0 Å². The zero-order chi connectivity index (χ0) is 25.5. The minimum Gasteiger partial charge on any atom is -0.459 e. The van der Waals surface area contributed by atoms with Gasteiger partial charge in [0.05, 0.1) is 24.9 Å². The molecular weight excluding hydrogens is 440 g/mol. The van der Waals surface area contributed by atoms with Gasteiger partial charge in [-0.15, -0.1) is 6.58 Å². The molecule has 5 heteroatoms. The van der Waals surface area contributed by atoms with Crippen LogP contribution in [0.1, 0.15) is 90.5 Å². The second-order valence-corrected chi connectivity index (χ2v) is 10.00. The van der Waals surface area contributed by atoms with Crippen molar-refractivity contribution < 1.29 is 23.7 Å². The van der Waals surface area contributed by atoms with Gasteiger partial charge in [-0.05, 0) is 25.8 Å². The molecular formula is C30H46O5. The predicted octanol–water partition coefficient (Wildman–Crippen LogP) is 7.30. The van der Waals surface area contributed by atoms with Crippen LogP contribution in [0.3, 0.4) is 0 Å². The molecule has 1 aromatic carbocycles. The first-order valence-electron chi connectivity index (χ1n) is 13.3. The molecule has 0 unspecified atom stereocenters. The molecule has 0 aromatic heterocycles. The van der Waals surface area contributed by atoms with E-state index in [0.717, 1.165) is 18.4 Å². The van der Waals surface area contributed by atoms with Crippen LogP contribution in [0.25, 0.3) is 0 Å². The van der Waals surface area contributed by atoms with Crippen molar-refractivity contribution in [2.75, 3.05) is 0 Å². The Morgan fingerprint density at radius 3 is 2.49 bits per heavy atom. The van der Waals surface area contributed by atoms with Crippen molar-refractivity contribution in [3.05, 3.63) is 61.2 Å². The number of hydrogen-bond donors (Lipinski definition) is 0. The Bertz CT molecular complexity index is 744.